The number of benzene rings is 1. The van der Waals surface area contributed by atoms with Crippen molar-refractivity contribution in [3.05, 3.63) is 67.4 Å². The Balaban J connectivity index is 0.000000673. The van der Waals surface area contributed by atoms with E-state index in [1.165, 1.54) is 0 Å². The van der Waals surface area contributed by atoms with Gasteiger partial charge >= 0.3 is 0 Å². The zero-order valence-corrected chi connectivity index (χ0v) is 10.0. The third-order valence-corrected chi connectivity index (χ3v) is 1.58. The Morgan fingerprint density at radius 1 is 1.12 bits per heavy atom. The second-order valence-corrected chi connectivity index (χ2v) is 3.05. The predicted molar refractivity (Wildman–Crippen MR) is 73.5 cm³/mol. The molecule has 0 aromatic heterocycles. The van der Waals surface area contributed by atoms with Gasteiger partial charge in [0.15, 0.2) is 0 Å². The van der Waals surface area contributed by atoms with Gasteiger partial charge in [-0.2, -0.15) is 0 Å². The number of anilines is 1. The first kappa shape index (κ1) is 14.2. The van der Waals surface area contributed by atoms with Crippen molar-refractivity contribution in [2.75, 3.05) is 19.4 Å². The lowest BCUT2D eigenvalue weighted by Gasteiger charge is -2.05. The van der Waals surface area contributed by atoms with Crippen LogP contribution in [0.5, 0.6) is 0 Å². The third kappa shape index (κ3) is 6.62. The first-order valence-corrected chi connectivity index (χ1v) is 5.14. The molecule has 2 N–H and O–H groups in total. The van der Waals surface area contributed by atoms with E-state index in [4.69, 9.17) is 0 Å². The molecule has 0 heterocycles. The van der Waals surface area contributed by atoms with Crippen molar-refractivity contribution < 1.29 is 0 Å². The number of hydrogen-bond acceptors (Lipinski definition) is 2. The maximum absolute atomic E-state index is 3.70. The summed E-state index contributed by atoms with van der Waals surface area (Å²) >= 11 is 0. The van der Waals surface area contributed by atoms with E-state index in [-0.39, 0.29) is 0 Å². The van der Waals surface area contributed by atoms with E-state index in [2.05, 4.69) is 23.8 Å². The molecular formula is C14H20N2. The molecule has 0 aliphatic carbocycles. The number of allylic oxidation sites excluding steroid dienone is 3. The molecule has 1 aromatic carbocycles. The van der Waals surface area contributed by atoms with Crippen LogP contribution in [0.25, 0.3) is 0 Å². The molecule has 0 aliphatic heterocycles. The monoisotopic (exact) mass is 216 g/mol. The summed E-state index contributed by atoms with van der Waals surface area (Å²) in [5.41, 5.74) is 2.00. The summed E-state index contributed by atoms with van der Waals surface area (Å²) in [6, 6.07) is 9.95. The summed E-state index contributed by atoms with van der Waals surface area (Å²) in [5.74, 6) is 0. The van der Waals surface area contributed by atoms with Gasteiger partial charge in [0.25, 0.3) is 0 Å². The normalized spacial score (nSPS) is 9.75. The van der Waals surface area contributed by atoms with Crippen LogP contribution in [0.4, 0.5) is 5.69 Å². The van der Waals surface area contributed by atoms with E-state index in [0.717, 1.165) is 11.4 Å². The van der Waals surface area contributed by atoms with Gasteiger partial charge in [0, 0.05) is 11.4 Å². The summed E-state index contributed by atoms with van der Waals surface area (Å²) in [7, 11) is 3.75. The Kier molecular flexibility index (Phi) is 8.65. The zero-order valence-electron chi connectivity index (χ0n) is 10.0. The highest BCUT2D eigenvalue weighted by atomic mass is 14.9. The molecule has 0 amide bonds. The van der Waals surface area contributed by atoms with Gasteiger partial charge in [0.05, 0.1) is 0 Å². The molecule has 0 saturated heterocycles. The van der Waals surface area contributed by atoms with E-state index in [1.807, 2.05) is 50.5 Å². The van der Waals surface area contributed by atoms with Gasteiger partial charge in [-0.25, -0.2) is 0 Å². The fourth-order valence-corrected chi connectivity index (χ4v) is 0.976. The van der Waals surface area contributed by atoms with E-state index in [9.17, 15) is 0 Å². The number of hydrogen-bond donors (Lipinski definition) is 2. The number of para-hydroxylation sites is 1. The van der Waals surface area contributed by atoms with Crippen molar-refractivity contribution in [2.24, 2.45) is 0 Å². The first-order valence-electron chi connectivity index (χ1n) is 5.14. The van der Waals surface area contributed by atoms with Crippen LogP contribution in [0.1, 0.15) is 0 Å². The molecule has 86 valence electrons. The molecule has 1 rings (SSSR count). The SMILES string of the molecule is C=C/C=C(\C=C)Nc1ccccc1.CNC. The van der Waals surface area contributed by atoms with Crippen LogP contribution in [-0.4, -0.2) is 14.1 Å². The first-order chi connectivity index (χ1) is 7.78. The van der Waals surface area contributed by atoms with Crippen molar-refractivity contribution in [2.45, 2.75) is 0 Å². The highest BCUT2D eigenvalue weighted by Gasteiger charge is 1.90. The minimum Gasteiger partial charge on any atom is -0.356 e. The lowest BCUT2D eigenvalue weighted by Crippen LogP contribution is -1.95. The molecule has 2 heteroatoms. The van der Waals surface area contributed by atoms with Gasteiger partial charge in [0.1, 0.15) is 0 Å². The van der Waals surface area contributed by atoms with E-state index in [0.29, 0.717) is 0 Å². The second kappa shape index (κ2) is 9.74. The highest BCUT2D eigenvalue weighted by molar-refractivity contribution is 5.50. The van der Waals surface area contributed by atoms with Crippen LogP contribution in [0.3, 0.4) is 0 Å². The van der Waals surface area contributed by atoms with Gasteiger partial charge < -0.3 is 10.6 Å². The summed E-state index contributed by atoms with van der Waals surface area (Å²) in [6.07, 6.45) is 5.36. The van der Waals surface area contributed by atoms with E-state index < -0.39 is 0 Å². The van der Waals surface area contributed by atoms with Crippen LogP contribution in [0.2, 0.25) is 0 Å². The number of rotatable bonds is 4. The Morgan fingerprint density at radius 2 is 1.69 bits per heavy atom. The lowest BCUT2D eigenvalue weighted by atomic mass is 10.3. The Hall–Kier alpha value is -1.80. The van der Waals surface area contributed by atoms with Gasteiger partial charge in [-0.15, -0.1) is 0 Å². The Labute approximate surface area is 98.4 Å². The van der Waals surface area contributed by atoms with Crippen molar-refractivity contribution in [1.29, 1.82) is 0 Å². The quantitative estimate of drug-likeness (QED) is 0.755. The van der Waals surface area contributed by atoms with Crippen LogP contribution in [0, 0.1) is 0 Å². The Morgan fingerprint density at radius 3 is 2.12 bits per heavy atom. The fourth-order valence-electron chi connectivity index (χ4n) is 0.976. The summed E-state index contributed by atoms with van der Waals surface area (Å²) in [6.45, 7) is 7.32. The maximum Gasteiger partial charge on any atom is 0.0384 e. The minimum atomic E-state index is 0.946. The molecule has 2 nitrogen and oxygen atoms in total. The van der Waals surface area contributed by atoms with Crippen LogP contribution >= 0.6 is 0 Å². The molecule has 0 fully saturated rings. The molecule has 0 unspecified atom stereocenters. The molecule has 1 aromatic rings. The van der Waals surface area contributed by atoms with Crippen LogP contribution in [0.15, 0.2) is 67.4 Å². The zero-order chi connectivity index (χ0) is 12.2. The molecular weight excluding hydrogens is 196 g/mol. The molecule has 0 atom stereocenters. The molecule has 0 radical (unpaired) electrons. The molecule has 0 saturated carbocycles. The van der Waals surface area contributed by atoms with Crippen LogP contribution in [-0.2, 0) is 0 Å². The number of nitrogens with one attached hydrogen (secondary N) is 2. The van der Waals surface area contributed by atoms with Gasteiger partial charge in [0.2, 0.25) is 0 Å². The topological polar surface area (TPSA) is 24.1 Å². The summed E-state index contributed by atoms with van der Waals surface area (Å²) in [5, 5.41) is 5.95. The average Bonchev–Trinajstić information content (AvgIpc) is 2.31. The third-order valence-electron chi connectivity index (χ3n) is 1.58. The summed E-state index contributed by atoms with van der Waals surface area (Å²) < 4.78 is 0. The second-order valence-electron chi connectivity index (χ2n) is 3.05. The van der Waals surface area contributed by atoms with Crippen molar-refractivity contribution in [3.63, 3.8) is 0 Å². The van der Waals surface area contributed by atoms with Crippen molar-refractivity contribution in [3.8, 4) is 0 Å². The lowest BCUT2D eigenvalue weighted by molar-refractivity contribution is 1.02. The van der Waals surface area contributed by atoms with E-state index >= 15 is 0 Å². The highest BCUT2D eigenvalue weighted by Crippen LogP contribution is 2.09. The van der Waals surface area contributed by atoms with Gasteiger partial charge in [-0.3, -0.25) is 0 Å². The average molecular weight is 216 g/mol. The largest absolute Gasteiger partial charge is 0.356 e. The Bertz CT molecular complexity index is 326. The van der Waals surface area contributed by atoms with Gasteiger partial charge in [-0.05, 0) is 38.4 Å². The molecule has 0 spiro atoms. The predicted octanol–water partition coefficient (Wildman–Crippen LogP) is 3.19. The molecule has 0 aliphatic rings. The summed E-state index contributed by atoms with van der Waals surface area (Å²) in [4.78, 5) is 0. The minimum absolute atomic E-state index is 0.946. The molecule has 16 heavy (non-hydrogen) atoms. The van der Waals surface area contributed by atoms with Crippen molar-refractivity contribution in [1.82, 2.24) is 5.32 Å². The van der Waals surface area contributed by atoms with Gasteiger partial charge in [-0.1, -0.05) is 37.4 Å². The van der Waals surface area contributed by atoms with E-state index in [1.54, 1.807) is 12.2 Å². The smallest absolute Gasteiger partial charge is 0.0384 e. The fraction of sp³-hybridized carbons (Fsp3) is 0.143. The molecule has 0 bridgehead atoms. The standard InChI is InChI=1S/C12H13N.C2H7N/c1-3-8-11(4-2)13-12-9-6-5-7-10-12;1-3-2/h3-10,13H,1-2H2;3H,1-2H3/b11-8+;. The van der Waals surface area contributed by atoms with Crippen molar-refractivity contribution >= 4 is 5.69 Å². The maximum atomic E-state index is 3.70. The van der Waals surface area contributed by atoms with Crippen LogP contribution < -0.4 is 10.6 Å².